The summed E-state index contributed by atoms with van der Waals surface area (Å²) in [4.78, 5) is 12.0. The molecule has 5 heteroatoms. The number of aromatic amines is 1. The van der Waals surface area contributed by atoms with E-state index in [0.29, 0.717) is 22.6 Å². The molecule has 0 aliphatic heterocycles. The molecular formula is C12H14N4O. The average molecular weight is 230 g/mol. The quantitative estimate of drug-likeness (QED) is 0.688. The number of hydrogen-bond acceptors (Lipinski definition) is 3. The highest BCUT2D eigenvalue weighted by Crippen LogP contribution is 2.15. The van der Waals surface area contributed by atoms with E-state index in [1.165, 1.54) is 0 Å². The maximum atomic E-state index is 12.0. The smallest absolute Gasteiger partial charge is 0.259 e. The summed E-state index contributed by atoms with van der Waals surface area (Å²) in [6, 6.07) is 7.06. The number of H-pyrrole nitrogens is 1. The number of amides is 1. The van der Waals surface area contributed by atoms with Gasteiger partial charge in [0, 0.05) is 17.1 Å². The Hall–Kier alpha value is -2.30. The van der Waals surface area contributed by atoms with Crippen LogP contribution in [0.15, 0.2) is 24.3 Å². The van der Waals surface area contributed by atoms with Gasteiger partial charge in [-0.25, -0.2) is 0 Å². The summed E-state index contributed by atoms with van der Waals surface area (Å²) in [6.07, 6.45) is 0. The fourth-order valence-electron chi connectivity index (χ4n) is 1.70. The molecule has 17 heavy (non-hydrogen) atoms. The van der Waals surface area contributed by atoms with Crippen molar-refractivity contribution in [2.24, 2.45) is 0 Å². The molecule has 88 valence electrons. The molecular weight excluding hydrogens is 216 g/mol. The maximum Gasteiger partial charge on any atom is 0.259 e. The summed E-state index contributed by atoms with van der Waals surface area (Å²) < 4.78 is 0. The monoisotopic (exact) mass is 230 g/mol. The molecule has 1 aromatic heterocycles. The number of nitrogens with one attached hydrogen (secondary N) is 2. The van der Waals surface area contributed by atoms with Crippen molar-refractivity contribution >= 4 is 17.3 Å². The zero-order valence-electron chi connectivity index (χ0n) is 9.74. The number of anilines is 2. The number of aryl methyl sites for hydroxylation is 2. The number of benzene rings is 1. The van der Waals surface area contributed by atoms with Crippen molar-refractivity contribution in [2.45, 2.75) is 13.8 Å². The Kier molecular flexibility index (Phi) is 2.82. The highest BCUT2D eigenvalue weighted by atomic mass is 16.1. The van der Waals surface area contributed by atoms with Crippen LogP contribution in [0.5, 0.6) is 0 Å². The molecule has 0 saturated heterocycles. The molecule has 0 aliphatic carbocycles. The third-order valence-corrected chi connectivity index (χ3v) is 2.50. The zero-order chi connectivity index (χ0) is 12.4. The van der Waals surface area contributed by atoms with Crippen molar-refractivity contribution in [3.05, 3.63) is 41.2 Å². The lowest BCUT2D eigenvalue weighted by Crippen LogP contribution is -2.13. The Morgan fingerprint density at radius 3 is 2.76 bits per heavy atom. The Labute approximate surface area is 99.0 Å². The molecule has 5 nitrogen and oxygen atoms in total. The fraction of sp³-hybridized carbons (Fsp3) is 0.167. The van der Waals surface area contributed by atoms with Crippen LogP contribution in [0.1, 0.15) is 21.7 Å². The van der Waals surface area contributed by atoms with Gasteiger partial charge >= 0.3 is 0 Å². The standard InChI is InChI=1S/C12H14N4O/c1-7-11(8(2)16-15-7)12(17)14-10-5-3-4-9(13)6-10/h3-6H,13H2,1-2H3,(H,14,17)(H,15,16). The minimum Gasteiger partial charge on any atom is -0.399 e. The first kappa shape index (κ1) is 11.2. The lowest BCUT2D eigenvalue weighted by atomic mass is 10.2. The van der Waals surface area contributed by atoms with Crippen molar-refractivity contribution < 1.29 is 4.79 Å². The van der Waals surface area contributed by atoms with Gasteiger partial charge in [0.15, 0.2) is 0 Å². The van der Waals surface area contributed by atoms with Crippen molar-refractivity contribution in [2.75, 3.05) is 11.1 Å². The predicted octanol–water partition coefficient (Wildman–Crippen LogP) is 1.86. The van der Waals surface area contributed by atoms with Crippen LogP contribution in [0, 0.1) is 13.8 Å². The van der Waals surface area contributed by atoms with E-state index in [1.54, 1.807) is 31.2 Å². The Balaban J connectivity index is 2.23. The number of carbonyl (C=O) groups is 1. The van der Waals surface area contributed by atoms with E-state index in [-0.39, 0.29) is 5.91 Å². The third kappa shape index (κ3) is 2.28. The van der Waals surface area contributed by atoms with E-state index < -0.39 is 0 Å². The molecule has 0 fully saturated rings. The Bertz CT molecular complexity index is 540. The van der Waals surface area contributed by atoms with E-state index in [2.05, 4.69) is 15.5 Å². The number of aromatic nitrogens is 2. The number of rotatable bonds is 2. The van der Waals surface area contributed by atoms with Gasteiger partial charge in [0.2, 0.25) is 0 Å². The first-order chi connectivity index (χ1) is 8.08. The summed E-state index contributed by atoms with van der Waals surface area (Å²) in [6.45, 7) is 3.60. The average Bonchev–Trinajstić information content (AvgIpc) is 2.58. The molecule has 0 bridgehead atoms. The number of nitrogens with two attached hydrogens (primary N) is 1. The molecule has 2 rings (SSSR count). The first-order valence-corrected chi connectivity index (χ1v) is 5.26. The second-order valence-electron chi connectivity index (χ2n) is 3.89. The van der Waals surface area contributed by atoms with Crippen LogP contribution in [0.25, 0.3) is 0 Å². The molecule has 1 heterocycles. The fourth-order valence-corrected chi connectivity index (χ4v) is 1.70. The maximum absolute atomic E-state index is 12.0. The van der Waals surface area contributed by atoms with Gasteiger partial charge in [-0.1, -0.05) is 6.07 Å². The number of hydrogen-bond donors (Lipinski definition) is 3. The highest BCUT2D eigenvalue weighted by molar-refractivity contribution is 6.05. The Morgan fingerprint density at radius 2 is 2.18 bits per heavy atom. The summed E-state index contributed by atoms with van der Waals surface area (Å²) >= 11 is 0. The lowest BCUT2D eigenvalue weighted by Gasteiger charge is -2.05. The van der Waals surface area contributed by atoms with E-state index in [4.69, 9.17) is 5.73 Å². The van der Waals surface area contributed by atoms with Crippen molar-refractivity contribution in [3.63, 3.8) is 0 Å². The second-order valence-corrected chi connectivity index (χ2v) is 3.89. The molecule has 0 aliphatic rings. The van der Waals surface area contributed by atoms with E-state index in [0.717, 1.165) is 5.69 Å². The minimum atomic E-state index is -0.181. The number of nitrogen functional groups attached to an aromatic ring is 1. The van der Waals surface area contributed by atoms with Gasteiger partial charge in [0.05, 0.1) is 11.3 Å². The van der Waals surface area contributed by atoms with Gasteiger partial charge in [-0.2, -0.15) is 5.10 Å². The molecule has 0 radical (unpaired) electrons. The molecule has 1 amide bonds. The van der Waals surface area contributed by atoms with Crippen LogP contribution in [0.3, 0.4) is 0 Å². The van der Waals surface area contributed by atoms with Crippen LogP contribution < -0.4 is 11.1 Å². The van der Waals surface area contributed by atoms with E-state index in [9.17, 15) is 4.79 Å². The van der Waals surface area contributed by atoms with Crippen LogP contribution in [0.2, 0.25) is 0 Å². The largest absolute Gasteiger partial charge is 0.399 e. The zero-order valence-corrected chi connectivity index (χ0v) is 9.74. The van der Waals surface area contributed by atoms with Gasteiger partial charge in [-0.15, -0.1) is 0 Å². The van der Waals surface area contributed by atoms with Gasteiger partial charge in [0.25, 0.3) is 5.91 Å². The molecule has 0 unspecified atom stereocenters. The van der Waals surface area contributed by atoms with E-state index >= 15 is 0 Å². The predicted molar refractivity (Wildman–Crippen MR) is 66.9 cm³/mol. The van der Waals surface area contributed by atoms with Gasteiger partial charge in [-0.05, 0) is 32.0 Å². The molecule has 2 aromatic rings. The lowest BCUT2D eigenvalue weighted by molar-refractivity contribution is 0.102. The van der Waals surface area contributed by atoms with Crippen LogP contribution in [-0.4, -0.2) is 16.1 Å². The molecule has 0 saturated carbocycles. The van der Waals surface area contributed by atoms with Crippen molar-refractivity contribution in [1.29, 1.82) is 0 Å². The molecule has 0 spiro atoms. The van der Waals surface area contributed by atoms with Crippen molar-refractivity contribution in [1.82, 2.24) is 10.2 Å². The molecule has 0 atom stereocenters. The van der Waals surface area contributed by atoms with Gasteiger partial charge in [-0.3, -0.25) is 9.89 Å². The highest BCUT2D eigenvalue weighted by Gasteiger charge is 2.15. The van der Waals surface area contributed by atoms with Gasteiger partial charge < -0.3 is 11.1 Å². The third-order valence-electron chi connectivity index (χ3n) is 2.50. The summed E-state index contributed by atoms with van der Waals surface area (Å²) in [5.74, 6) is -0.181. The summed E-state index contributed by atoms with van der Waals surface area (Å²) in [7, 11) is 0. The topological polar surface area (TPSA) is 83.8 Å². The van der Waals surface area contributed by atoms with Crippen LogP contribution in [0.4, 0.5) is 11.4 Å². The molecule has 4 N–H and O–H groups in total. The number of carbonyl (C=O) groups excluding carboxylic acids is 1. The summed E-state index contributed by atoms with van der Waals surface area (Å²) in [5, 5.41) is 9.55. The normalized spacial score (nSPS) is 10.2. The minimum absolute atomic E-state index is 0.181. The van der Waals surface area contributed by atoms with Gasteiger partial charge in [0.1, 0.15) is 0 Å². The SMILES string of the molecule is Cc1n[nH]c(C)c1C(=O)Nc1cccc(N)c1. The summed E-state index contributed by atoms with van der Waals surface area (Å²) in [5.41, 5.74) is 8.95. The van der Waals surface area contributed by atoms with Crippen LogP contribution in [-0.2, 0) is 0 Å². The van der Waals surface area contributed by atoms with Crippen LogP contribution >= 0.6 is 0 Å². The molecule has 1 aromatic carbocycles. The number of nitrogens with zero attached hydrogens (tertiary/aromatic N) is 1. The first-order valence-electron chi connectivity index (χ1n) is 5.26. The van der Waals surface area contributed by atoms with E-state index in [1.807, 2.05) is 6.92 Å². The second kappa shape index (κ2) is 4.29. The Morgan fingerprint density at radius 1 is 1.41 bits per heavy atom. The van der Waals surface area contributed by atoms with Crippen molar-refractivity contribution in [3.8, 4) is 0 Å².